The van der Waals surface area contributed by atoms with Crippen LogP contribution in [0.15, 0.2) is 36.4 Å². The van der Waals surface area contributed by atoms with Gasteiger partial charge in [-0.05, 0) is 41.8 Å². The number of nitrogen functional groups attached to an aromatic ring is 2. The molecular weight excluding hydrogens is 216 g/mol. The van der Waals surface area contributed by atoms with E-state index in [1.807, 2.05) is 0 Å². The fourth-order valence-corrected chi connectivity index (χ4v) is 1.84. The summed E-state index contributed by atoms with van der Waals surface area (Å²) in [6, 6.07) is 9.80. The SMILES string of the molecule is Nc1cc(O)cc(Cc2cc(N)cc(O)c2)c1. The Kier molecular flexibility index (Phi) is 2.78. The van der Waals surface area contributed by atoms with Crippen molar-refractivity contribution in [1.82, 2.24) is 0 Å². The summed E-state index contributed by atoms with van der Waals surface area (Å²) in [7, 11) is 0. The van der Waals surface area contributed by atoms with Crippen molar-refractivity contribution in [3.05, 3.63) is 47.5 Å². The van der Waals surface area contributed by atoms with E-state index in [2.05, 4.69) is 0 Å². The van der Waals surface area contributed by atoms with Crippen LogP contribution in [0.5, 0.6) is 11.5 Å². The number of hydrogen-bond donors (Lipinski definition) is 4. The summed E-state index contributed by atoms with van der Waals surface area (Å²) in [6.45, 7) is 0. The minimum atomic E-state index is 0.133. The predicted molar refractivity (Wildman–Crippen MR) is 67.8 cm³/mol. The Labute approximate surface area is 99.1 Å². The van der Waals surface area contributed by atoms with E-state index in [-0.39, 0.29) is 11.5 Å². The molecule has 4 heteroatoms. The van der Waals surface area contributed by atoms with Gasteiger partial charge in [0.2, 0.25) is 0 Å². The third-order valence-electron chi connectivity index (χ3n) is 2.41. The number of hydrogen-bond acceptors (Lipinski definition) is 4. The van der Waals surface area contributed by atoms with Crippen LogP contribution >= 0.6 is 0 Å². The molecule has 0 heterocycles. The van der Waals surface area contributed by atoms with Crippen molar-refractivity contribution in [2.45, 2.75) is 6.42 Å². The van der Waals surface area contributed by atoms with Crippen LogP contribution in [-0.4, -0.2) is 10.2 Å². The Hall–Kier alpha value is -2.36. The van der Waals surface area contributed by atoms with E-state index < -0.39 is 0 Å². The number of anilines is 2. The van der Waals surface area contributed by atoms with Crippen molar-refractivity contribution < 1.29 is 10.2 Å². The van der Waals surface area contributed by atoms with Gasteiger partial charge in [-0.15, -0.1) is 0 Å². The van der Waals surface area contributed by atoms with Gasteiger partial charge in [0.05, 0.1) is 0 Å². The lowest BCUT2D eigenvalue weighted by atomic mass is 10.0. The molecule has 17 heavy (non-hydrogen) atoms. The molecule has 0 unspecified atom stereocenters. The van der Waals surface area contributed by atoms with E-state index in [0.29, 0.717) is 17.8 Å². The molecule has 0 bridgehead atoms. The molecule has 0 radical (unpaired) electrons. The molecule has 0 aliphatic carbocycles. The van der Waals surface area contributed by atoms with Crippen LogP contribution in [0.3, 0.4) is 0 Å². The molecule has 0 aromatic heterocycles. The molecule has 0 aliphatic heterocycles. The fraction of sp³-hybridized carbons (Fsp3) is 0.0769. The van der Waals surface area contributed by atoms with E-state index >= 15 is 0 Å². The molecule has 0 saturated carbocycles. The molecule has 4 nitrogen and oxygen atoms in total. The maximum Gasteiger partial charge on any atom is 0.117 e. The topological polar surface area (TPSA) is 92.5 Å². The summed E-state index contributed by atoms with van der Waals surface area (Å²) in [5.41, 5.74) is 14.0. The highest BCUT2D eigenvalue weighted by molar-refractivity contribution is 5.51. The zero-order valence-electron chi connectivity index (χ0n) is 9.22. The molecule has 88 valence electrons. The largest absolute Gasteiger partial charge is 0.508 e. The Balaban J connectivity index is 2.31. The average molecular weight is 230 g/mol. The summed E-state index contributed by atoms with van der Waals surface area (Å²) in [6.07, 6.45) is 0.553. The van der Waals surface area contributed by atoms with E-state index in [4.69, 9.17) is 11.5 Å². The number of aromatic hydroxyl groups is 2. The molecule has 0 spiro atoms. The van der Waals surface area contributed by atoms with Crippen LogP contribution in [-0.2, 0) is 6.42 Å². The first-order valence-corrected chi connectivity index (χ1v) is 5.20. The second-order valence-corrected chi connectivity index (χ2v) is 4.04. The van der Waals surface area contributed by atoms with Crippen molar-refractivity contribution >= 4 is 11.4 Å². The van der Waals surface area contributed by atoms with Gasteiger partial charge in [-0.2, -0.15) is 0 Å². The van der Waals surface area contributed by atoms with Crippen molar-refractivity contribution in [3.8, 4) is 11.5 Å². The number of benzene rings is 2. The van der Waals surface area contributed by atoms with Gasteiger partial charge in [0, 0.05) is 23.5 Å². The highest BCUT2D eigenvalue weighted by Crippen LogP contribution is 2.23. The summed E-state index contributed by atoms with van der Waals surface area (Å²) in [4.78, 5) is 0. The minimum absolute atomic E-state index is 0.133. The molecule has 0 amide bonds. The summed E-state index contributed by atoms with van der Waals surface area (Å²) in [5.74, 6) is 0.265. The molecule has 2 rings (SSSR count). The van der Waals surface area contributed by atoms with Crippen LogP contribution < -0.4 is 11.5 Å². The third kappa shape index (κ3) is 2.81. The number of rotatable bonds is 2. The molecule has 2 aromatic rings. The summed E-state index contributed by atoms with van der Waals surface area (Å²) < 4.78 is 0. The van der Waals surface area contributed by atoms with Gasteiger partial charge < -0.3 is 21.7 Å². The number of nitrogens with two attached hydrogens (primary N) is 2. The zero-order valence-corrected chi connectivity index (χ0v) is 9.22. The molecule has 2 aromatic carbocycles. The molecular formula is C13H14N2O2. The lowest BCUT2D eigenvalue weighted by Crippen LogP contribution is -1.93. The Bertz CT molecular complexity index is 463. The van der Waals surface area contributed by atoms with Gasteiger partial charge >= 0.3 is 0 Å². The predicted octanol–water partition coefficient (Wildman–Crippen LogP) is 1.85. The fourth-order valence-electron chi connectivity index (χ4n) is 1.84. The van der Waals surface area contributed by atoms with Gasteiger partial charge in [0.1, 0.15) is 11.5 Å². The average Bonchev–Trinajstić information content (AvgIpc) is 2.13. The van der Waals surface area contributed by atoms with E-state index in [1.165, 1.54) is 12.1 Å². The summed E-state index contributed by atoms with van der Waals surface area (Å²) >= 11 is 0. The number of phenolic OH excluding ortho intramolecular Hbond substituents is 2. The second-order valence-electron chi connectivity index (χ2n) is 4.04. The first-order chi connectivity index (χ1) is 8.02. The first-order valence-electron chi connectivity index (χ1n) is 5.20. The van der Waals surface area contributed by atoms with Crippen LogP contribution in [0.1, 0.15) is 11.1 Å². The third-order valence-corrected chi connectivity index (χ3v) is 2.41. The molecule has 0 aliphatic rings. The molecule has 0 fully saturated rings. The van der Waals surface area contributed by atoms with Crippen LogP contribution in [0.2, 0.25) is 0 Å². The normalized spacial score (nSPS) is 10.4. The standard InChI is InChI=1S/C13H14N2O2/c14-10-2-8(4-12(16)6-10)1-9-3-11(15)7-13(17)5-9/h2-7,16-17H,1,14-15H2. The van der Waals surface area contributed by atoms with E-state index in [9.17, 15) is 10.2 Å². The monoisotopic (exact) mass is 230 g/mol. The van der Waals surface area contributed by atoms with Crippen LogP contribution in [0.25, 0.3) is 0 Å². The highest BCUT2D eigenvalue weighted by atomic mass is 16.3. The highest BCUT2D eigenvalue weighted by Gasteiger charge is 2.02. The lowest BCUT2D eigenvalue weighted by Gasteiger charge is -2.06. The maximum absolute atomic E-state index is 9.43. The quantitative estimate of drug-likeness (QED) is 0.592. The second kappa shape index (κ2) is 4.25. The van der Waals surface area contributed by atoms with Gasteiger partial charge in [0.15, 0.2) is 0 Å². The van der Waals surface area contributed by atoms with Crippen molar-refractivity contribution in [3.63, 3.8) is 0 Å². The van der Waals surface area contributed by atoms with Gasteiger partial charge in [-0.3, -0.25) is 0 Å². The van der Waals surface area contributed by atoms with Crippen molar-refractivity contribution in [2.24, 2.45) is 0 Å². The van der Waals surface area contributed by atoms with Gasteiger partial charge in [0.25, 0.3) is 0 Å². The smallest absolute Gasteiger partial charge is 0.117 e. The maximum atomic E-state index is 9.43. The lowest BCUT2D eigenvalue weighted by molar-refractivity contribution is 0.475. The summed E-state index contributed by atoms with van der Waals surface area (Å²) in [5, 5.41) is 18.9. The molecule has 0 atom stereocenters. The Morgan fingerprint density at radius 2 is 1.12 bits per heavy atom. The number of phenols is 2. The van der Waals surface area contributed by atoms with Gasteiger partial charge in [-0.1, -0.05) is 0 Å². The Morgan fingerprint density at radius 1 is 0.706 bits per heavy atom. The van der Waals surface area contributed by atoms with E-state index in [0.717, 1.165) is 11.1 Å². The molecule has 6 N–H and O–H groups in total. The zero-order chi connectivity index (χ0) is 12.4. The van der Waals surface area contributed by atoms with E-state index in [1.54, 1.807) is 24.3 Å². The van der Waals surface area contributed by atoms with Crippen LogP contribution in [0, 0.1) is 0 Å². The molecule has 0 saturated heterocycles. The first kappa shape index (κ1) is 11.1. The van der Waals surface area contributed by atoms with Crippen LogP contribution in [0.4, 0.5) is 11.4 Å². The van der Waals surface area contributed by atoms with Gasteiger partial charge in [-0.25, -0.2) is 0 Å². The van der Waals surface area contributed by atoms with Crippen molar-refractivity contribution in [2.75, 3.05) is 11.5 Å². The Morgan fingerprint density at radius 3 is 1.47 bits per heavy atom. The van der Waals surface area contributed by atoms with Crippen molar-refractivity contribution in [1.29, 1.82) is 0 Å². The minimum Gasteiger partial charge on any atom is -0.508 e.